The number of amides is 1. The lowest BCUT2D eigenvalue weighted by molar-refractivity contribution is -0.116. The average Bonchev–Trinajstić information content (AvgIpc) is 2.96. The number of fused-ring (bicyclic) bond motifs is 1. The Kier molecular flexibility index (Phi) is 5.75. The van der Waals surface area contributed by atoms with E-state index in [0.29, 0.717) is 27.7 Å². The average molecular weight is 433 g/mol. The number of carbonyl (C=O) groups excluding carboxylic acids is 2. The van der Waals surface area contributed by atoms with Crippen LogP contribution in [0.25, 0.3) is 11.1 Å². The fourth-order valence-electron chi connectivity index (χ4n) is 2.56. The summed E-state index contributed by atoms with van der Waals surface area (Å²) < 4.78 is 12.2. The quantitative estimate of drug-likeness (QED) is 0.601. The predicted octanol–water partition coefficient (Wildman–Crippen LogP) is 3.56. The molecule has 0 saturated carbocycles. The van der Waals surface area contributed by atoms with E-state index in [1.54, 1.807) is 42.5 Å². The molecular formula is C19H17BrN2O5. The smallest absolute Gasteiger partial charge is 0.420 e. The van der Waals surface area contributed by atoms with Gasteiger partial charge in [0.25, 0.3) is 0 Å². The maximum atomic E-state index is 12.5. The number of para-hydroxylation sites is 2. The van der Waals surface area contributed by atoms with Crippen molar-refractivity contribution in [2.75, 3.05) is 11.9 Å². The molecule has 0 radical (unpaired) electrons. The molecule has 0 fully saturated rings. The first kappa shape index (κ1) is 18.9. The van der Waals surface area contributed by atoms with Crippen LogP contribution in [-0.4, -0.2) is 23.1 Å². The number of anilines is 1. The molecule has 3 rings (SSSR count). The minimum Gasteiger partial charge on any atom is -0.462 e. The van der Waals surface area contributed by atoms with E-state index in [0.717, 1.165) is 0 Å². The number of esters is 1. The minimum absolute atomic E-state index is 0.232. The maximum Gasteiger partial charge on any atom is 0.420 e. The number of ether oxygens (including phenoxy) is 1. The number of benzene rings is 2. The Balaban J connectivity index is 1.82. The van der Waals surface area contributed by atoms with E-state index >= 15 is 0 Å². The molecule has 0 aliphatic heterocycles. The van der Waals surface area contributed by atoms with Crippen LogP contribution in [0, 0.1) is 0 Å². The first-order valence-electron chi connectivity index (χ1n) is 8.34. The molecule has 0 unspecified atom stereocenters. The van der Waals surface area contributed by atoms with Crippen molar-refractivity contribution in [3.8, 4) is 0 Å². The second kappa shape index (κ2) is 8.22. The number of oxazole rings is 1. The Bertz CT molecular complexity index is 1050. The normalized spacial score (nSPS) is 10.7. The van der Waals surface area contributed by atoms with Crippen LogP contribution in [-0.2, 0) is 16.1 Å². The molecule has 3 aromatic rings. The number of nitrogens with zero attached hydrogens (tertiary/aromatic N) is 1. The molecule has 0 aliphatic rings. The lowest BCUT2D eigenvalue weighted by atomic mass is 10.2. The van der Waals surface area contributed by atoms with Gasteiger partial charge in [-0.05, 0) is 36.8 Å². The Labute approximate surface area is 163 Å². The summed E-state index contributed by atoms with van der Waals surface area (Å²) >= 11 is 3.31. The van der Waals surface area contributed by atoms with E-state index in [1.807, 2.05) is 6.92 Å². The second-order valence-electron chi connectivity index (χ2n) is 5.80. The van der Waals surface area contributed by atoms with Crippen LogP contribution in [0.1, 0.15) is 23.7 Å². The Morgan fingerprint density at radius 1 is 1.22 bits per heavy atom. The number of nitrogens with one attached hydrogen (secondary N) is 1. The van der Waals surface area contributed by atoms with Crippen LogP contribution < -0.4 is 11.1 Å². The summed E-state index contributed by atoms with van der Waals surface area (Å²) in [6.07, 6.45) is 0.692. The fourth-order valence-corrected chi connectivity index (χ4v) is 2.92. The van der Waals surface area contributed by atoms with Crippen LogP contribution in [0.5, 0.6) is 0 Å². The standard InChI is InChI=1S/C19H17BrN2O5/c1-2-9-26-18(24)13-10-12(20)7-8-14(13)21-17(23)11-22-15-5-3-4-6-16(15)27-19(22)25/h3-8,10H,2,9,11H2,1H3,(H,21,23). The van der Waals surface area contributed by atoms with Gasteiger partial charge in [0.1, 0.15) is 6.54 Å². The molecule has 0 saturated heterocycles. The zero-order valence-corrected chi connectivity index (χ0v) is 16.1. The third-order valence-corrected chi connectivity index (χ3v) is 4.28. The molecular weight excluding hydrogens is 416 g/mol. The highest BCUT2D eigenvalue weighted by Gasteiger charge is 2.17. The first-order valence-corrected chi connectivity index (χ1v) is 9.13. The van der Waals surface area contributed by atoms with Gasteiger partial charge >= 0.3 is 11.7 Å². The predicted molar refractivity (Wildman–Crippen MR) is 104 cm³/mol. The summed E-state index contributed by atoms with van der Waals surface area (Å²) in [6.45, 7) is 1.94. The third kappa shape index (κ3) is 4.28. The van der Waals surface area contributed by atoms with Crippen molar-refractivity contribution in [3.63, 3.8) is 0 Å². The van der Waals surface area contributed by atoms with Gasteiger partial charge in [-0.2, -0.15) is 0 Å². The monoisotopic (exact) mass is 432 g/mol. The Hall–Kier alpha value is -2.87. The summed E-state index contributed by atoms with van der Waals surface area (Å²) in [7, 11) is 0. The second-order valence-corrected chi connectivity index (χ2v) is 6.71. The number of hydrogen-bond donors (Lipinski definition) is 1. The summed E-state index contributed by atoms with van der Waals surface area (Å²) in [6, 6.07) is 11.7. The van der Waals surface area contributed by atoms with E-state index < -0.39 is 17.6 Å². The van der Waals surface area contributed by atoms with Gasteiger partial charge in [-0.25, -0.2) is 9.59 Å². The summed E-state index contributed by atoms with van der Waals surface area (Å²) in [5, 5.41) is 2.66. The highest BCUT2D eigenvalue weighted by atomic mass is 79.9. The largest absolute Gasteiger partial charge is 0.462 e. The third-order valence-electron chi connectivity index (χ3n) is 3.79. The molecule has 1 N–H and O–H groups in total. The van der Waals surface area contributed by atoms with E-state index in [2.05, 4.69) is 21.2 Å². The highest BCUT2D eigenvalue weighted by Crippen LogP contribution is 2.22. The number of hydrogen-bond acceptors (Lipinski definition) is 5. The van der Waals surface area contributed by atoms with Crippen molar-refractivity contribution < 1.29 is 18.7 Å². The van der Waals surface area contributed by atoms with E-state index in [9.17, 15) is 14.4 Å². The van der Waals surface area contributed by atoms with E-state index in [1.165, 1.54) is 4.57 Å². The van der Waals surface area contributed by atoms with Gasteiger partial charge in [0.2, 0.25) is 5.91 Å². The van der Waals surface area contributed by atoms with Gasteiger partial charge in [-0.1, -0.05) is 35.0 Å². The van der Waals surface area contributed by atoms with Crippen LogP contribution in [0.4, 0.5) is 5.69 Å². The van der Waals surface area contributed by atoms with Crippen molar-refractivity contribution in [3.05, 3.63) is 63.1 Å². The van der Waals surface area contributed by atoms with Gasteiger partial charge in [-0.3, -0.25) is 9.36 Å². The summed E-state index contributed by atoms with van der Waals surface area (Å²) in [4.78, 5) is 36.7. The van der Waals surface area contributed by atoms with Crippen molar-refractivity contribution >= 4 is 44.6 Å². The molecule has 0 bridgehead atoms. The molecule has 1 heterocycles. The molecule has 0 spiro atoms. The lowest BCUT2D eigenvalue weighted by Crippen LogP contribution is -2.25. The fraction of sp³-hybridized carbons (Fsp3) is 0.211. The topological polar surface area (TPSA) is 90.5 Å². The summed E-state index contributed by atoms with van der Waals surface area (Å²) in [5.74, 6) is -1.61. The molecule has 2 aromatic carbocycles. The number of carbonyl (C=O) groups is 2. The van der Waals surface area contributed by atoms with Gasteiger partial charge in [-0.15, -0.1) is 0 Å². The molecule has 1 aromatic heterocycles. The number of halogens is 1. The van der Waals surface area contributed by atoms with Crippen LogP contribution in [0.2, 0.25) is 0 Å². The van der Waals surface area contributed by atoms with Gasteiger partial charge in [0.05, 0.1) is 23.4 Å². The van der Waals surface area contributed by atoms with Crippen molar-refractivity contribution in [2.45, 2.75) is 19.9 Å². The molecule has 7 nitrogen and oxygen atoms in total. The van der Waals surface area contributed by atoms with Crippen LogP contribution >= 0.6 is 15.9 Å². The van der Waals surface area contributed by atoms with Gasteiger partial charge < -0.3 is 14.5 Å². The molecule has 0 atom stereocenters. The molecule has 27 heavy (non-hydrogen) atoms. The molecule has 0 aliphatic carbocycles. The first-order chi connectivity index (χ1) is 13.0. The summed E-state index contributed by atoms with van der Waals surface area (Å²) in [5.41, 5.74) is 1.47. The van der Waals surface area contributed by atoms with Crippen molar-refractivity contribution in [1.82, 2.24) is 4.57 Å². The Morgan fingerprint density at radius 3 is 2.78 bits per heavy atom. The van der Waals surface area contributed by atoms with Crippen LogP contribution in [0.15, 0.2) is 56.1 Å². The molecule has 140 valence electrons. The van der Waals surface area contributed by atoms with Crippen LogP contribution in [0.3, 0.4) is 0 Å². The number of aromatic nitrogens is 1. The SMILES string of the molecule is CCCOC(=O)c1cc(Br)ccc1NC(=O)Cn1c(=O)oc2ccccc21. The van der Waals surface area contributed by atoms with Gasteiger partial charge in [0.15, 0.2) is 5.58 Å². The Morgan fingerprint density at radius 2 is 2.00 bits per heavy atom. The minimum atomic E-state index is -0.621. The van der Waals surface area contributed by atoms with Crippen molar-refractivity contribution in [1.29, 1.82) is 0 Å². The highest BCUT2D eigenvalue weighted by molar-refractivity contribution is 9.10. The molecule has 8 heteroatoms. The van der Waals surface area contributed by atoms with Gasteiger partial charge in [0, 0.05) is 4.47 Å². The van der Waals surface area contributed by atoms with E-state index in [-0.39, 0.29) is 18.7 Å². The lowest BCUT2D eigenvalue weighted by Gasteiger charge is -2.11. The molecule has 1 amide bonds. The van der Waals surface area contributed by atoms with E-state index in [4.69, 9.17) is 9.15 Å². The van der Waals surface area contributed by atoms with Crippen molar-refractivity contribution in [2.24, 2.45) is 0 Å². The zero-order valence-electron chi connectivity index (χ0n) is 14.5. The maximum absolute atomic E-state index is 12.5. The zero-order chi connectivity index (χ0) is 19.4. The number of rotatable bonds is 6.